The summed E-state index contributed by atoms with van der Waals surface area (Å²) in [7, 11) is 0. The molecule has 1 aliphatic rings. The van der Waals surface area contributed by atoms with Crippen molar-refractivity contribution >= 4 is 0 Å². The van der Waals surface area contributed by atoms with Crippen LogP contribution in [0.4, 0.5) is 13.2 Å². The number of halogens is 3. The first-order valence-corrected chi connectivity index (χ1v) is 8.98. The molecule has 24 heavy (non-hydrogen) atoms. The quantitative estimate of drug-likeness (QED) is 0.495. The Balaban J connectivity index is 2.61. The van der Waals surface area contributed by atoms with Crippen molar-refractivity contribution in [2.24, 2.45) is 11.3 Å². The van der Waals surface area contributed by atoms with Crippen LogP contribution in [-0.4, -0.2) is 17.9 Å². The van der Waals surface area contributed by atoms with E-state index in [1.807, 2.05) is 13.8 Å². The summed E-state index contributed by atoms with van der Waals surface area (Å²) in [6.07, 6.45) is 4.31. The monoisotopic (exact) mass is 346 g/mol. The third-order valence-corrected chi connectivity index (χ3v) is 4.83. The molecule has 0 heterocycles. The molecule has 140 valence electrons. The first kappa shape index (κ1) is 21.3. The fourth-order valence-electron chi connectivity index (χ4n) is 3.30. The predicted octanol–water partition coefficient (Wildman–Crippen LogP) is 6.84. The maximum absolute atomic E-state index is 12.5. The highest BCUT2D eigenvalue weighted by Crippen LogP contribution is 2.39. The fourth-order valence-corrected chi connectivity index (χ4v) is 3.30. The standard InChI is InChI=1S/C20H33F3O/c1-7-15(14-20(21,22)23)12-13-19(5,6)24-17-10-8-16(9-11-17)18(2,3)4/h12-14,16-17H,7-11H2,1-6H3/b13-12-,15-14-. The van der Waals surface area contributed by atoms with Crippen LogP contribution in [0.25, 0.3) is 0 Å². The summed E-state index contributed by atoms with van der Waals surface area (Å²) in [6, 6.07) is 0. The van der Waals surface area contributed by atoms with E-state index < -0.39 is 11.8 Å². The van der Waals surface area contributed by atoms with Gasteiger partial charge >= 0.3 is 6.18 Å². The fraction of sp³-hybridized carbons (Fsp3) is 0.800. The second-order valence-electron chi connectivity index (χ2n) is 8.51. The van der Waals surface area contributed by atoms with Crippen LogP contribution in [0.3, 0.4) is 0 Å². The van der Waals surface area contributed by atoms with Crippen LogP contribution in [0.15, 0.2) is 23.8 Å². The molecular weight excluding hydrogens is 313 g/mol. The Labute approximate surface area is 145 Å². The molecule has 0 spiro atoms. The Hall–Kier alpha value is -0.770. The van der Waals surface area contributed by atoms with E-state index in [0.29, 0.717) is 17.9 Å². The summed E-state index contributed by atoms with van der Waals surface area (Å²) >= 11 is 0. The van der Waals surface area contributed by atoms with Gasteiger partial charge in [0.25, 0.3) is 0 Å². The van der Waals surface area contributed by atoms with E-state index in [1.165, 1.54) is 0 Å². The van der Waals surface area contributed by atoms with Gasteiger partial charge in [0.2, 0.25) is 0 Å². The molecule has 1 aliphatic carbocycles. The van der Waals surface area contributed by atoms with Crippen LogP contribution in [0, 0.1) is 11.3 Å². The van der Waals surface area contributed by atoms with E-state index in [1.54, 1.807) is 19.1 Å². The van der Waals surface area contributed by atoms with E-state index in [0.717, 1.165) is 31.6 Å². The van der Waals surface area contributed by atoms with E-state index >= 15 is 0 Å². The molecule has 1 fully saturated rings. The molecule has 0 N–H and O–H groups in total. The molecule has 0 saturated heterocycles. The lowest BCUT2D eigenvalue weighted by atomic mass is 9.72. The number of ether oxygens (including phenoxy) is 1. The van der Waals surface area contributed by atoms with E-state index in [-0.39, 0.29) is 11.7 Å². The van der Waals surface area contributed by atoms with Gasteiger partial charge in [0, 0.05) is 6.08 Å². The van der Waals surface area contributed by atoms with Crippen LogP contribution in [0.2, 0.25) is 0 Å². The minimum Gasteiger partial charge on any atom is -0.368 e. The number of alkyl halides is 3. The number of rotatable bonds is 5. The van der Waals surface area contributed by atoms with E-state index in [9.17, 15) is 13.2 Å². The largest absolute Gasteiger partial charge is 0.410 e. The lowest BCUT2D eigenvalue weighted by Crippen LogP contribution is -2.34. The van der Waals surface area contributed by atoms with Gasteiger partial charge < -0.3 is 4.74 Å². The molecule has 0 aromatic heterocycles. The van der Waals surface area contributed by atoms with Gasteiger partial charge in [0.05, 0.1) is 11.7 Å². The van der Waals surface area contributed by atoms with Crippen LogP contribution < -0.4 is 0 Å². The summed E-state index contributed by atoms with van der Waals surface area (Å²) in [5.74, 6) is 0.720. The SMILES string of the molecule is CCC(/C=C\C(C)(C)OC1CCC(C(C)(C)C)CC1)=C/C(F)(F)F. The summed E-state index contributed by atoms with van der Waals surface area (Å²) < 4.78 is 43.6. The molecule has 1 rings (SSSR count). The summed E-state index contributed by atoms with van der Waals surface area (Å²) in [5, 5.41) is 0. The highest BCUT2D eigenvalue weighted by molar-refractivity contribution is 5.22. The molecule has 0 aromatic rings. The first-order valence-electron chi connectivity index (χ1n) is 8.98. The summed E-state index contributed by atoms with van der Waals surface area (Å²) in [5.41, 5.74) is 0.0494. The van der Waals surface area contributed by atoms with Crippen LogP contribution in [-0.2, 0) is 4.74 Å². The molecular formula is C20H33F3O. The second kappa shape index (κ2) is 8.07. The van der Waals surface area contributed by atoms with Gasteiger partial charge in [-0.05, 0) is 62.9 Å². The van der Waals surface area contributed by atoms with Crippen LogP contribution in [0.5, 0.6) is 0 Å². The lowest BCUT2D eigenvalue weighted by molar-refractivity contribution is -0.0806. The minimum absolute atomic E-state index is 0.194. The average Bonchev–Trinajstić information content (AvgIpc) is 2.41. The van der Waals surface area contributed by atoms with Crippen molar-refractivity contribution in [1.82, 2.24) is 0 Å². The van der Waals surface area contributed by atoms with Crippen molar-refractivity contribution in [3.63, 3.8) is 0 Å². The molecule has 1 nitrogen and oxygen atoms in total. The zero-order valence-corrected chi connectivity index (χ0v) is 16.0. The minimum atomic E-state index is -4.27. The second-order valence-corrected chi connectivity index (χ2v) is 8.51. The third-order valence-electron chi connectivity index (χ3n) is 4.83. The Morgan fingerprint density at radius 1 is 1.00 bits per heavy atom. The van der Waals surface area contributed by atoms with Gasteiger partial charge in [-0.1, -0.05) is 39.8 Å². The summed E-state index contributed by atoms with van der Waals surface area (Å²) in [6.45, 7) is 12.4. The molecule has 0 radical (unpaired) electrons. The van der Waals surface area contributed by atoms with Gasteiger partial charge in [-0.25, -0.2) is 0 Å². The van der Waals surface area contributed by atoms with Crippen molar-refractivity contribution in [2.45, 2.75) is 91.5 Å². The lowest BCUT2D eigenvalue weighted by Gasteiger charge is -2.39. The molecule has 0 aliphatic heterocycles. The van der Waals surface area contributed by atoms with Gasteiger partial charge in [-0.2, -0.15) is 13.2 Å². The van der Waals surface area contributed by atoms with E-state index in [4.69, 9.17) is 4.74 Å². The average molecular weight is 346 g/mol. The highest BCUT2D eigenvalue weighted by atomic mass is 19.4. The predicted molar refractivity (Wildman–Crippen MR) is 93.9 cm³/mol. The van der Waals surface area contributed by atoms with Gasteiger partial charge in [0.1, 0.15) is 0 Å². The molecule has 0 bridgehead atoms. The molecule has 0 unspecified atom stereocenters. The van der Waals surface area contributed by atoms with E-state index in [2.05, 4.69) is 20.8 Å². The Kier molecular flexibility index (Phi) is 7.16. The molecule has 0 aromatic carbocycles. The van der Waals surface area contributed by atoms with Gasteiger partial charge in [-0.15, -0.1) is 0 Å². The van der Waals surface area contributed by atoms with Crippen molar-refractivity contribution in [1.29, 1.82) is 0 Å². The molecule has 4 heteroatoms. The topological polar surface area (TPSA) is 9.23 Å². The van der Waals surface area contributed by atoms with Crippen molar-refractivity contribution in [2.75, 3.05) is 0 Å². The number of hydrogen-bond acceptors (Lipinski definition) is 1. The molecule has 1 saturated carbocycles. The van der Waals surface area contributed by atoms with Crippen molar-refractivity contribution in [3.05, 3.63) is 23.8 Å². The van der Waals surface area contributed by atoms with Crippen LogP contribution in [0.1, 0.15) is 73.6 Å². The Morgan fingerprint density at radius 3 is 1.96 bits per heavy atom. The van der Waals surface area contributed by atoms with Gasteiger partial charge in [0.15, 0.2) is 0 Å². The maximum atomic E-state index is 12.5. The first-order chi connectivity index (χ1) is 10.8. The van der Waals surface area contributed by atoms with Crippen LogP contribution >= 0.6 is 0 Å². The summed E-state index contributed by atoms with van der Waals surface area (Å²) in [4.78, 5) is 0. The smallest absolute Gasteiger partial charge is 0.368 e. The zero-order valence-electron chi connectivity index (χ0n) is 16.0. The van der Waals surface area contributed by atoms with Crippen molar-refractivity contribution < 1.29 is 17.9 Å². The number of hydrogen-bond donors (Lipinski definition) is 0. The molecule has 0 amide bonds. The Bertz CT molecular complexity index is 444. The molecule has 0 atom stereocenters. The number of allylic oxidation sites excluding steroid dienone is 3. The van der Waals surface area contributed by atoms with Crippen molar-refractivity contribution in [3.8, 4) is 0 Å². The third kappa shape index (κ3) is 7.87. The van der Waals surface area contributed by atoms with Gasteiger partial charge in [-0.3, -0.25) is 0 Å². The zero-order chi connectivity index (χ0) is 18.6. The normalized spacial score (nSPS) is 24.6. The Morgan fingerprint density at radius 2 is 1.54 bits per heavy atom. The maximum Gasteiger partial charge on any atom is 0.410 e. The highest BCUT2D eigenvalue weighted by Gasteiger charge is 2.32.